The summed E-state index contributed by atoms with van der Waals surface area (Å²) >= 11 is 11.5. The Morgan fingerprint density at radius 3 is 2.20 bits per heavy atom. The highest BCUT2D eigenvalue weighted by Gasteiger charge is 2.07. The van der Waals surface area contributed by atoms with Gasteiger partial charge in [-0.25, -0.2) is 0 Å². The van der Waals surface area contributed by atoms with Crippen LogP contribution in [0.25, 0.3) is 0 Å². The fourth-order valence-electron chi connectivity index (χ4n) is 0.767. The lowest BCUT2D eigenvalue weighted by atomic mass is 10.1. The lowest BCUT2D eigenvalue weighted by Crippen LogP contribution is -2.07. The second-order valence-electron chi connectivity index (χ2n) is 2.94. The van der Waals surface area contributed by atoms with Crippen molar-refractivity contribution >= 4 is 23.2 Å². The predicted molar refractivity (Wildman–Crippen MR) is 49.1 cm³/mol. The van der Waals surface area contributed by atoms with E-state index in [-0.39, 0.29) is 0 Å². The Kier molecular flexibility index (Phi) is 6.67. The van der Waals surface area contributed by atoms with Crippen molar-refractivity contribution < 1.29 is 0 Å². The van der Waals surface area contributed by atoms with E-state index in [4.69, 9.17) is 23.2 Å². The lowest BCUT2D eigenvalue weighted by Gasteiger charge is -2.11. The van der Waals surface area contributed by atoms with Gasteiger partial charge in [0.05, 0.1) is 0 Å². The molecule has 0 bridgehead atoms. The molecule has 0 aromatic carbocycles. The predicted octanol–water partition coefficient (Wildman–Crippen LogP) is 3.66. The summed E-state index contributed by atoms with van der Waals surface area (Å²) in [5, 5.41) is 0.336. The molecular weight excluding hydrogens is 167 g/mol. The monoisotopic (exact) mass is 182 g/mol. The first kappa shape index (κ1) is 10.6. The average molecular weight is 183 g/mol. The van der Waals surface area contributed by atoms with E-state index < -0.39 is 0 Å². The molecule has 0 aliphatic rings. The van der Waals surface area contributed by atoms with Crippen LogP contribution in [0.15, 0.2) is 0 Å². The zero-order valence-corrected chi connectivity index (χ0v) is 8.25. The molecule has 62 valence electrons. The van der Waals surface area contributed by atoms with Crippen LogP contribution in [0.5, 0.6) is 0 Å². The first-order valence-electron chi connectivity index (χ1n) is 3.88. The van der Waals surface area contributed by atoms with Crippen LogP contribution in [-0.4, -0.2) is 11.3 Å². The van der Waals surface area contributed by atoms with Crippen LogP contribution in [0.1, 0.15) is 33.1 Å². The van der Waals surface area contributed by atoms with Gasteiger partial charge in [0, 0.05) is 11.3 Å². The Morgan fingerprint density at radius 1 is 1.20 bits per heavy atom. The van der Waals surface area contributed by atoms with Crippen LogP contribution in [0.4, 0.5) is 0 Å². The molecule has 2 heteroatoms. The van der Waals surface area contributed by atoms with Gasteiger partial charge in [-0.15, -0.1) is 23.2 Å². The molecule has 0 aromatic rings. The maximum atomic E-state index is 6.01. The number of alkyl halides is 2. The molecule has 10 heavy (non-hydrogen) atoms. The Morgan fingerprint density at radius 2 is 1.80 bits per heavy atom. The number of hydrogen-bond donors (Lipinski definition) is 0. The van der Waals surface area contributed by atoms with Crippen molar-refractivity contribution in [2.24, 2.45) is 5.92 Å². The van der Waals surface area contributed by atoms with E-state index in [1.54, 1.807) is 0 Å². The van der Waals surface area contributed by atoms with E-state index in [0.29, 0.717) is 11.3 Å². The molecule has 0 saturated heterocycles. The Hall–Kier alpha value is 0.580. The molecule has 0 aliphatic heterocycles. The van der Waals surface area contributed by atoms with Crippen LogP contribution < -0.4 is 0 Å². The summed E-state index contributed by atoms with van der Waals surface area (Å²) in [7, 11) is 0. The van der Waals surface area contributed by atoms with Crippen molar-refractivity contribution in [3.63, 3.8) is 0 Å². The smallest absolute Gasteiger partial charge is 0.0359 e. The van der Waals surface area contributed by atoms with E-state index in [9.17, 15) is 0 Å². The average Bonchev–Trinajstić information content (AvgIpc) is 1.88. The summed E-state index contributed by atoms with van der Waals surface area (Å²) in [5.41, 5.74) is 0. The maximum Gasteiger partial charge on any atom is 0.0359 e. The van der Waals surface area contributed by atoms with Crippen LogP contribution in [0.2, 0.25) is 0 Å². The summed E-state index contributed by atoms with van der Waals surface area (Å²) < 4.78 is 0. The van der Waals surface area contributed by atoms with E-state index >= 15 is 0 Å². The van der Waals surface area contributed by atoms with E-state index in [2.05, 4.69) is 13.8 Å². The third-order valence-electron chi connectivity index (χ3n) is 1.59. The molecule has 0 amide bonds. The highest BCUT2D eigenvalue weighted by atomic mass is 35.5. The fourth-order valence-corrected chi connectivity index (χ4v) is 1.11. The lowest BCUT2D eigenvalue weighted by molar-refractivity contribution is 0.544. The van der Waals surface area contributed by atoms with Crippen molar-refractivity contribution in [1.82, 2.24) is 0 Å². The standard InChI is InChI=1S/C8H16Cl2/c1-7(2)8(10)5-3-4-6-9/h7-8H,3-6H2,1-2H3. The van der Waals surface area contributed by atoms with Crippen molar-refractivity contribution in [1.29, 1.82) is 0 Å². The number of halogens is 2. The normalized spacial score (nSPS) is 14.1. The summed E-state index contributed by atoms with van der Waals surface area (Å²) in [6.45, 7) is 4.30. The molecule has 1 unspecified atom stereocenters. The molecule has 0 heterocycles. The van der Waals surface area contributed by atoms with Crippen LogP contribution >= 0.6 is 23.2 Å². The van der Waals surface area contributed by atoms with Gasteiger partial charge in [0.15, 0.2) is 0 Å². The van der Waals surface area contributed by atoms with Gasteiger partial charge in [-0.1, -0.05) is 20.3 Å². The first-order valence-corrected chi connectivity index (χ1v) is 4.85. The van der Waals surface area contributed by atoms with Crippen LogP contribution in [0.3, 0.4) is 0 Å². The van der Waals surface area contributed by atoms with Crippen molar-refractivity contribution in [3.8, 4) is 0 Å². The van der Waals surface area contributed by atoms with Crippen molar-refractivity contribution in [2.75, 3.05) is 5.88 Å². The largest absolute Gasteiger partial charge is 0.127 e. The molecular formula is C8H16Cl2. The Balaban J connectivity index is 3.13. The highest BCUT2D eigenvalue weighted by Crippen LogP contribution is 2.16. The van der Waals surface area contributed by atoms with Gasteiger partial charge in [0.25, 0.3) is 0 Å². The van der Waals surface area contributed by atoms with Gasteiger partial charge in [-0.3, -0.25) is 0 Å². The van der Waals surface area contributed by atoms with Crippen molar-refractivity contribution in [2.45, 2.75) is 38.5 Å². The second kappa shape index (κ2) is 6.30. The third kappa shape index (κ3) is 5.37. The molecule has 0 fully saturated rings. The minimum atomic E-state index is 0.336. The molecule has 0 aromatic heterocycles. The van der Waals surface area contributed by atoms with Gasteiger partial charge in [0.2, 0.25) is 0 Å². The summed E-state index contributed by atoms with van der Waals surface area (Å²) in [6.07, 6.45) is 3.36. The first-order chi connectivity index (χ1) is 4.68. The van der Waals surface area contributed by atoms with E-state index in [0.717, 1.165) is 25.1 Å². The van der Waals surface area contributed by atoms with Crippen LogP contribution in [-0.2, 0) is 0 Å². The zero-order chi connectivity index (χ0) is 7.98. The minimum absolute atomic E-state index is 0.336. The minimum Gasteiger partial charge on any atom is -0.127 e. The molecule has 0 aliphatic carbocycles. The van der Waals surface area contributed by atoms with E-state index in [1.807, 2.05) is 0 Å². The third-order valence-corrected chi connectivity index (χ3v) is 2.58. The maximum absolute atomic E-state index is 6.01. The van der Waals surface area contributed by atoms with Gasteiger partial charge in [0.1, 0.15) is 0 Å². The topological polar surface area (TPSA) is 0 Å². The quantitative estimate of drug-likeness (QED) is 0.450. The molecule has 1 atom stereocenters. The molecule has 0 nitrogen and oxygen atoms in total. The fraction of sp³-hybridized carbons (Fsp3) is 1.00. The van der Waals surface area contributed by atoms with Gasteiger partial charge in [-0.05, 0) is 18.8 Å². The van der Waals surface area contributed by atoms with Gasteiger partial charge >= 0.3 is 0 Å². The second-order valence-corrected chi connectivity index (χ2v) is 3.88. The summed E-state index contributed by atoms with van der Waals surface area (Å²) in [6, 6.07) is 0. The number of rotatable bonds is 5. The van der Waals surface area contributed by atoms with Crippen LogP contribution in [0, 0.1) is 5.92 Å². The number of hydrogen-bond acceptors (Lipinski definition) is 0. The molecule has 0 rings (SSSR count). The van der Waals surface area contributed by atoms with E-state index in [1.165, 1.54) is 0 Å². The zero-order valence-electron chi connectivity index (χ0n) is 6.74. The number of unbranched alkanes of at least 4 members (excludes halogenated alkanes) is 1. The molecule has 0 saturated carbocycles. The summed E-state index contributed by atoms with van der Waals surface area (Å²) in [4.78, 5) is 0. The molecule has 0 N–H and O–H groups in total. The van der Waals surface area contributed by atoms with Gasteiger partial charge < -0.3 is 0 Å². The Bertz CT molecular complexity index is 71.7. The van der Waals surface area contributed by atoms with Gasteiger partial charge in [-0.2, -0.15) is 0 Å². The van der Waals surface area contributed by atoms with Crippen molar-refractivity contribution in [3.05, 3.63) is 0 Å². The molecule has 0 spiro atoms. The Labute approximate surface area is 73.9 Å². The highest BCUT2D eigenvalue weighted by molar-refractivity contribution is 6.20. The molecule has 0 radical (unpaired) electrons. The summed E-state index contributed by atoms with van der Waals surface area (Å²) in [5.74, 6) is 1.36. The SMILES string of the molecule is CC(C)C(Cl)CCCCCl.